The van der Waals surface area contributed by atoms with Gasteiger partial charge in [-0.2, -0.15) is 5.10 Å². The number of aryl methyl sites for hydroxylation is 2. The predicted octanol–water partition coefficient (Wildman–Crippen LogP) is 6.21. The molecule has 4 aromatic heterocycles. The highest BCUT2D eigenvalue weighted by Gasteiger charge is 2.27. The molecule has 0 bridgehead atoms. The minimum Gasteiger partial charge on any atom is -0.361 e. The molecule has 1 aliphatic rings. The van der Waals surface area contributed by atoms with Crippen molar-refractivity contribution in [3.8, 4) is 0 Å². The number of hydrogen-bond donors (Lipinski definition) is 1. The molecule has 1 aliphatic heterocycles. The lowest BCUT2D eigenvalue weighted by molar-refractivity contribution is 0.695. The molecule has 35 heavy (non-hydrogen) atoms. The summed E-state index contributed by atoms with van der Waals surface area (Å²) in [5.74, 6) is 1.22. The molecule has 0 atom stereocenters. The number of aromatic nitrogens is 5. The van der Waals surface area contributed by atoms with Crippen LogP contribution in [0.15, 0.2) is 48.9 Å². The second-order valence-corrected chi connectivity index (χ2v) is 10.2. The number of aromatic amines is 1. The predicted molar refractivity (Wildman–Crippen MR) is 142 cm³/mol. The molecule has 6 aromatic rings. The van der Waals surface area contributed by atoms with E-state index in [-0.39, 0.29) is 0 Å². The van der Waals surface area contributed by atoms with Crippen molar-refractivity contribution >= 4 is 44.0 Å². The largest absolute Gasteiger partial charge is 0.361 e. The highest BCUT2D eigenvalue weighted by molar-refractivity contribution is 6.23. The SMILES string of the molecule is Cc1cc2c3cccc(C)c3n3nc4c(c3c2c2cc[nH]c12)CN(c1ncc(C(C)C)cn1)CC4. The van der Waals surface area contributed by atoms with Crippen LogP contribution in [-0.2, 0) is 13.0 Å². The molecule has 1 N–H and O–H groups in total. The lowest BCUT2D eigenvalue weighted by Gasteiger charge is -2.26. The fourth-order valence-corrected chi connectivity index (χ4v) is 5.79. The zero-order chi connectivity index (χ0) is 23.8. The quantitative estimate of drug-likeness (QED) is 0.312. The lowest BCUT2D eigenvalue weighted by atomic mass is 9.95. The Morgan fingerprint density at radius 1 is 0.943 bits per heavy atom. The molecule has 6 heteroatoms. The van der Waals surface area contributed by atoms with Crippen molar-refractivity contribution in [1.82, 2.24) is 24.6 Å². The number of H-pyrrole nitrogens is 1. The molecule has 5 heterocycles. The van der Waals surface area contributed by atoms with Gasteiger partial charge >= 0.3 is 0 Å². The Morgan fingerprint density at radius 2 is 1.77 bits per heavy atom. The van der Waals surface area contributed by atoms with Crippen LogP contribution in [-0.4, -0.2) is 31.1 Å². The highest BCUT2D eigenvalue weighted by Crippen LogP contribution is 2.40. The standard InChI is InChI=1S/C29H28N6/c1-16(2)19-13-31-29(32-14-19)34-11-9-24-23(15-34)28-25-21-8-10-30-26(21)18(4)12-22(25)20-7-5-6-17(3)27(20)35(28)33-24/h5-8,10,12-14,16,30H,9,11,15H2,1-4H3. The van der Waals surface area contributed by atoms with Crippen LogP contribution in [0, 0.1) is 13.8 Å². The van der Waals surface area contributed by atoms with Crippen molar-refractivity contribution in [2.24, 2.45) is 0 Å². The fourth-order valence-electron chi connectivity index (χ4n) is 5.79. The van der Waals surface area contributed by atoms with Gasteiger partial charge in [-0.1, -0.05) is 32.0 Å². The van der Waals surface area contributed by atoms with E-state index in [1.165, 1.54) is 66.0 Å². The number of para-hydroxylation sites is 1. The Balaban J connectivity index is 1.53. The van der Waals surface area contributed by atoms with Gasteiger partial charge in [-0.15, -0.1) is 0 Å². The minimum atomic E-state index is 0.423. The average Bonchev–Trinajstić information content (AvgIpc) is 3.50. The number of hydrogen-bond acceptors (Lipinski definition) is 4. The van der Waals surface area contributed by atoms with E-state index in [2.05, 4.69) is 72.4 Å². The Kier molecular flexibility index (Phi) is 4.25. The van der Waals surface area contributed by atoms with Crippen LogP contribution in [0.1, 0.15) is 47.7 Å². The molecule has 0 saturated heterocycles. The van der Waals surface area contributed by atoms with E-state index >= 15 is 0 Å². The van der Waals surface area contributed by atoms with Crippen LogP contribution in [0.3, 0.4) is 0 Å². The Bertz CT molecular complexity index is 1770. The summed E-state index contributed by atoms with van der Waals surface area (Å²) >= 11 is 0. The molecule has 6 nitrogen and oxygen atoms in total. The van der Waals surface area contributed by atoms with E-state index in [9.17, 15) is 0 Å². The zero-order valence-electron chi connectivity index (χ0n) is 20.6. The van der Waals surface area contributed by atoms with Crippen LogP contribution in [0.25, 0.3) is 38.1 Å². The van der Waals surface area contributed by atoms with E-state index in [0.717, 1.165) is 25.5 Å². The molecule has 174 valence electrons. The third-order valence-corrected chi connectivity index (χ3v) is 7.66. The maximum atomic E-state index is 5.21. The number of nitrogens with zero attached hydrogens (tertiary/aromatic N) is 5. The van der Waals surface area contributed by atoms with E-state index in [0.29, 0.717) is 5.92 Å². The van der Waals surface area contributed by atoms with Gasteiger partial charge in [-0.25, -0.2) is 14.5 Å². The van der Waals surface area contributed by atoms with Crippen molar-refractivity contribution in [3.05, 3.63) is 76.9 Å². The van der Waals surface area contributed by atoms with Gasteiger partial charge in [0.1, 0.15) is 0 Å². The fraction of sp³-hybridized carbons (Fsp3) is 0.276. The van der Waals surface area contributed by atoms with Gasteiger partial charge < -0.3 is 9.88 Å². The summed E-state index contributed by atoms with van der Waals surface area (Å²) in [5, 5.41) is 10.3. The van der Waals surface area contributed by atoms with Gasteiger partial charge in [0.05, 0.1) is 16.7 Å². The molecular formula is C29H28N6. The average molecular weight is 461 g/mol. The summed E-state index contributed by atoms with van der Waals surface area (Å²) in [5.41, 5.74) is 9.74. The molecule has 0 radical (unpaired) electrons. The number of benzene rings is 2. The van der Waals surface area contributed by atoms with Crippen LogP contribution in [0.2, 0.25) is 0 Å². The smallest absolute Gasteiger partial charge is 0.225 e. The molecule has 0 saturated carbocycles. The highest BCUT2D eigenvalue weighted by atomic mass is 15.3. The third kappa shape index (κ3) is 2.86. The maximum absolute atomic E-state index is 5.21. The van der Waals surface area contributed by atoms with Crippen molar-refractivity contribution < 1.29 is 0 Å². The van der Waals surface area contributed by atoms with Gasteiger partial charge in [0.25, 0.3) is 0 Å². The second kappa shape index (κ2) is 7.28. The van der Waals surface area contributed by atoms with E-state index < -0.39 is 0 Å². The summed E-state index contributed by atoms with van der Waals surface area (Å²) in [4.78, 5) is 15.2. The summed E-state index contributed by atoms with van der Waals surface area (Å²) in [6.07, 6.45) is 6.87. The number of rotatable bonds is 2. The van der Waals surface area contributed by atoms with Crippen LogP contribution >= 0.6 is 0 Å². The van der Waals surface area contributed by atoms with Gasteiger partial charge in [0.2, 0.25) is 5.95 Å². The number of pyridine rings is 1. The maximum Gasteiger partial charge on any atom is 0.225 e. The first kappa shape index (κ1) is 20.4. The summed E-state index contributed by atoms with van der Waals surface area (Å²) in [6, 6.07) is 11.1. The van der Waals surface area contributed by atoms with E-state index in [1.807, 2.05) is 18.6 Å². The Hall–Kier alpha value is -3.93. The third-order valence-electron chi connectivity index (χ3n) is 7.66. The Morgan fingerprint density at radius 3 is 2.57 bits per heavy atom. The minimum absolute atomic E-state index is 0.423. The molecular weight excluding hydrogens is 432 g/mol. The molecule has 0 aliphatic carbocycles. The molecule has 0 fully saturated rings. The first-order valence-electron chi connectivity index (χ1n) is 12.4. The zero-order valence-corrected chi connectivity index (χ0v) is 20.6. The van der Waals surface area contributed by atoms with E-state index in [4.69, 9.17) is 15.1 Å². The molecule has 0 spiro atoms. The first-order chi connectivity index (χ1) is 17.0. The first-order valence-corrected chi connectivity index (χ1v) is 12.4. The molecule has 0 amide bonds. The molecule has 0 unspecified atom stereocenters. The van der Waals surface area contributed by atoms with Crippen LogP contribution in [0.5, 0.6) is 0 Å². The van der Waals surface area contributed by atoms with Crippen molar-refractivity contribution in [3.63, 3.8) is 0 Å². The van der Waals surface area contributed by atoms with Gasteiger partial charge in [-0.3, -0.25) is 0 Å². The summed E-state index contributed by atoms with van der Waals surface area (Å²) < 4.78 is 2.21. The van der Waals surface area contributed by atoms with Gasteiger partial charge in [0.15, 0.2) is 0 Å². The van der Waals surface area contributed by atoms with Crippen molar-refractivity contribution in [2.75, 3.05) is 11.4 Å². The van der Waals surface area contributed by atoms with Crippen molar-refractivity contribution in [2.45, 2.75) is 46.6 Å². The lowest BCUT2D eigenvalue weighted by Crippen LogP contribution is -2.31. The normalized spacial score (nSPS) is 14.1. The van der Waals surface area contributed by atoms with Crippen molar-refractivity contribution in [1.29, 1.82) is 0 Å². The number of anilines is 1. The molecule has 2 aromatic carbocycles. The summed E-state index contributed by atoms with van der Waals surface area (Å²) in [6.45, 7) is 10.3. The Labute approximate surface area is 203 Å². The van der Waals surface area contributed by atoms with Gasteiger partial charge in [-0.05, 0) is 54.0 Å². The molecule has 7 rings (SSSR count). The van der Waals surface area contributed by atoms with Crippen LogP contribution < -0.4 is 4.90 Å². The van der Waals surface area contributed by atoms with E-state index in [1.54, 1.807) is 0 Å². The van der Waals surface area contributed by atoms with Gasteiger partial charge in [0, 0.05) is 65.3 Å². The number of fused-ring (bicyclic) bond motifs is 10. The second-order valence-electron chi connectivity index (χ2n) is 10.2. The topological polar surface area (TPSA) is 62.1 Å². The number of nitrogens with one attached hydrogen (secondary N) is 1. The van der Waals surface area contributed by atoms with Crippen LogP contribution in [0.4, 0.5) is 5.95 Å². The summed E-state index contributed by atoms with van der Waals surface area (Å²) in [7, 11) is 0. The monoisotopic (exact) mass is 460 g/mol.